The average Bonchev–Trinajstić information content (AvgIpc) is 2.64. The van der Waals surface area contributed by atoms with Gasteiger partial charge in [-0.3, -0.25) is 0 Å². The van der Waals surface area contributed by atoms with Crippen molar-refractivity contribution in [2.75, 3.05) is 6.61 Å². The fourth-order valence-electron chi connectivity index (χ4n) is 1.24. The van der Waals surface area contributed by atoms with Crippen LogP contribution in [0, 0.1) is 0 Å². The maximum Gasteiger partial charge on any atom is 0.184 e. The first-order valence-electron chi connectivity index (χ1n) is 4.03. The summed E-state index contributed by atoms with van der Waals surface area (Å²) in [6.45, 7) is 2.99. The molecule has 0 aliphatic carbocycles. The third-order valence-corrected chi connectivity index (χ3v) is 4.83. The lowest BCUT2D eigenvalue weighted by Gasteiger charge is -2.10. The van der Waals surface area contributed by atoms with Crippen LogP contribution in [-0.2, 0) is 4.74 Å². The number of thioether (sulfide) groups is 1. The van der Waals surface area contributed by atoms with E-state index >= 15 is 0 Å². The molecule has 0 bridgehead atoms. The minimum atomic E-state index is 0.340. The molecule has 0 amide bonds. The van der Waals surface area contributed by atoms with Gasteiger partial charge in [0, 0.05) is 11.9 Å². The average molecular weight is 281 g/mol. The Bertz CT molecular complexity index is 294. The number of halogens is 1. The van der Waals surface area contributed by atoms with Gasteiger partial charge in [0.05, 0.1) is 6.10 Å². The van der Waals surface area contributed by atoms with Crippen LogP contribution in [0.2, 0.25) is 0 Å². The minimum absolute atomic E-state index is 0.340. The van der Waals surface area contributed by atoms with Crippen molar-refractivity contribution < 1.29 is 4.74 Å². The Hall–Kier alpha value is 0.350. The molecule has 0 saturated carbocycles. The highest BCUT2D eigenvalue weighted by molar-refractivity contribution is 9.11. The van der Waals surface area contributed by atoms with Gasteiger partial charge < -0.3 is 4.74 Å². The number of aromatic nitrogens is 2. The van der Waals surface area contributed by atoms with Gasteiger partial charge >= 0.3 is 0 Å². The molecule has 13 heavy (non-hydrogen) atoms. The molecule has 0 spiro atoms. The van der Waals surface area contributed by atoms with Crippen molar-refractivity contribution in [3.63, 3.8) is 0 Å². The number of rotatable bonds is 2. The summed E-state index contributed by atoms with van der Waals surface area (Å²) in [6, 6.07) is 0. The Labute approximate surface area is 93.4 Å². The van der Waals surface area contributed by atoms with Gasteiger partial charge in [-0.2, -0.15) is 0 Å². The van der Waals surface area contributed by atoms with E-state index in [1.54, 1.807) is 23.1 Å². The zero-order chi connectivity index (χ0) is 9.26. The second kappa shape index (κ2) is 4.25. The summed E-state index contributed by atoms with van der Waals surface area (Å²) in [5.41, 5.74) is 0. The highest BCUT2D eigenvalue weighted by Crippen LogP contribution is 2.34. The highest BCUT2D eigenvalue weighted by atomic mass is 79.9. The molecule has 1 saturated heterocycles. The standard InChI is InChI=1S/C7H9BrN2OS2/c1-4-5(2-3-11-4)12-7-10-9-6(8)13-7/h4-5H,2-3H2,1H3. The van der Waals surface area contributed by atoms with E-state index in [1.807, 2.05) is 0 Å². The molecule has 0 aromatic carbocycles. The predicted molar refractivity (Wildman–Crippen MR) is 57.3 cm³/mol. The maximum absolute atomic E-state index is 5.47. The number of ether oxygens (including phenoxy) is 1. The van der Waals surface area contributed by atoms with Gasteiger partial charge in [0.1, 0.15) is 0 Å². The lowest BCUT2D eigenvalue weighted by Crippen LogP contribution is -2.12. The first-order valence-corrected chi connectivity index (χ1v) is 6.52. The summed E-state index contributed by atoms with van der Waals surface area (Å²) in [5, 5.41) is 8.49. The monoisotopic (exact) mass is 280 g/mol. The molecule has 1 aliphatic rings. The Morgan fingerprint density at radius 1 is 1.62 bits per heavy atom. The van der Waals surface area contributed by atoms with Crippen molar-refractivity contribution in [2.24, 2.45) is 0 Å². The predicted octanol–water partition coefficient (Wildman–Crippen LogP) is 2.57. The van der Waals surface area contributed by atoms with Crippen LogP contribution in [0.1, 0.15) is 13.3 Å². The van der Waals surface area contributed by atoms with E-state index in [1.165, 1.54) is 0 Å². The second-order valence-electron chi connectivity index (χ2n) is 2.84. The van der Waals surface area contributed by atoms with E-state index in [0.29, 0.717) is 11.4 Å². The summed E-state index contributed by atoms with van der Waals surface area (Å²) in [5.74, 6) is 0. The van der Waals surface area contributed by atoms with Crippen LogP contribution in [0.25, 0.3) is 0 Å². The maximum atomic E-state index is 5.47. The van der Waals surface area contributed by atoms with Crippen LogP contribution in [0.15, 0.2) is 8.26 Å². The number of nitrogens with zero attached hydrogens (tertiary/aromatic N) is 2. The molecule has 1 aromatic heterocycles. The molecule has 1 fully saturated rings. The molecule has 2 unspecified atom stereocenters. The van der Waals surface area contributed by atoms with E-state index in [9.17, 15) is 0 Å². The van der Waals surface area contributed by atoms with Crippen LogP contribution >= 0.6 is 39.0 Å². The topological polar surface area (TPSA) is 35.0 Å². The fraction of sp³-hybridized carbons (Fsp3) is 0.714. The van der Waals surface area contributed by atoms with Crippen LogP contribution in [0.4, 0.5) is 0 Å². The zero-order valence-corrected chi connectivity index (χ0v) is 10.3. The lowest BCUT2D eigenvalue weighted by atomic mass is 10.3. The summed E-state index contributed by atoms with van der Waals surface area (Å²) < 4.78 is 7.34. The molecule has 2 heterocycles. The molecule has 0 N–H and O–H groups in total. The molecule has 1 aliphatic heterocycles. The molecule has 2 atom stereocenters. The zero-order valence-electron chi connectivity index (χ0n) is 7.07. The van der Waals surface area contributed by atoms with Crippen LogP contribution in [-0.4, -0.2) is 28.2 Å². The first-order chi connectivity index (χ1) is 6.25. The molecule has 72 valence electrons. The number of hydrogen-bond donors (Lipinski definition) is 0. The largest absolute Gasteiger partial charge is 0.377 e. The van der Waals surface area contributed by atoms with E-state index in [0.717, 1.165) is 21.3 Å². The summed E-state index contributed by atoms with van der Waals surface area (Å²) in [4.78, 5) is 0. The Morgan fingerprint density at radius 2 is 2.46 bits per heavy atom. The van der Waals surface area contributed by atoms with Gasteiger partial charge in [0.25, 0.3) is 0 Å². The third-order valence-electron chi connectivity index (χ3n) is 1.94. The van der Waals surface area contributed by atoms with Gasteiger partial charge in [0.15, 0.2) is 8.26 Å². The smallest absolute Gasteiger partial charge is 0.184 e. The Balaban J connectivity index is 1.97. The Kier molecular flexibility index (Phi) is 3.23. The van der Waals surface area contributed by atoms with Gasteiger partial charge in [0.2, 0.25) is 0 Å². The second-order valence-corrected chi connectivity index (χ2v) is 6.58. The molecule has 1 aromatic rings. The van der Waals surface area contributed by atoms with Crippen LogP contribution in [0.3, 0.4) is 0 Å². The Morgan fingerprint density at radius 3 is 3.00 bits per heavy atom. The van der Waals surface area contributed by atoms with Crippen LogP contribution in [0.5, 0.6) is 0 Å². The van der Waals surface area contributed by atoms with E-state index in [-0.39, 0.29) is 0 Å². The number of hydrogen-bond acceptors (Lipinski definition) is 5. The minimum Gasteiger partial charge on any atom is -0.377 e. The van der Waals surface area contributed by atoms with Crippen molar-refractivity contribution >= 4 is 39.0 Å². The van der Waals surface area contributed by atoms with E-state index in [4.69, 9.17) is 4.74 Å². The SMILES string of the molecule is CC1OCCC1Sc1nnc(Br)s1. The lowest BCUT2D eigenvalue weighted by molar-refractivity contribution is 0.127. The van der Waals surface area contributed by atoms with Crippen LogP contribution < -0.4 is 0 Å². The van der Waals surface area contributed by atoms with Crippen molar-refractivity contribution in [2.45, 2.75) is 29.0 Å². The van der Waals surface area contributed by atoms with Crippen molar-refractivity contribution in [3.05, 3.63) is 3.92 Å². The van der Waals surface area contributed by atoms with Crippen molar-refractivity contribution in [3.8, 4) is 0 Å². The fourth-order valence-corrected chi connectivity index (χ4v) is 4.04. The van der Waals surface area contributed by atoms with Gasteiger partial charge in [-0.15, -0.1) is 10.2 Å². The highest BCUT2D eigenvalue weighted by Gasteiger charge is 2.26. The third kappa shape index (κ3) is 2.43. The van der Waals surface area contributed by atoms with Crippen molar-refractivity contribution in [1.82, 2.24) is 10.2 Å². The summed E-state index contributed by atoms with van der Waals surface area (Å²) in [6.07, 6.45) is 1.45. The van der Waals surface area contributed by atoms with Gasteiger partial charge in [-0.05, 0) is 29.3 Å². The van der Waals surface area contributed by atoms with E-state index < -0.39 is 0 Å². The quantitative estimate of drug-likeness (QED) is 0.834. The first kappa shape index (κ1) is 9.89. The molecule has 0 radical (unpaired) electrons. The molecular formula is C7H9BrN2OS2. The molecule has 2 rings (SSSR count). The molecule has 3 nitrogen and oxygen atoms in total. The van der Waals surface area contributed by atoms with Gasteiger partial charge in [-0.25, -0.2) is 0 Å². The van der Waals surface area contributed by atoms with E-state index in [2.05, 4.69) is 33.1 Å². The summed E-state index contributed by atoms with van der Waals surface area (Å²) in [7, 11) is 0. The normalized spacial score (nSPS) is 28.2. The molecular weight excluding hydrogens is 272 g/mol. The summed E-state index contributed by atoms with van der Waals surface area (Å²) >= 11 is 6.65. The van der Waals surface area contributed by atoms with Crippen molar-refractivity contribution in [1.29, 1.82) is 0 Å². The van der Waals surface area contributed by atoms with Gasteiger partial charge in [-0.1, -0.05) is 23.1 Å². The molecule has 6 heteroatoms.